The lowest BCUT2D eigenvalue weighted by atomic mass is 10.2. The molecule has 0 saturated heterocycles. The number of benzene rings is 1. The zero-order valence-electron chi connectivity index (χ0n) is 11.2. The Kier molecular flexibility index (Phi) is 3.65. The molecule has 3 rings (SSSR count). The smallest absolute Gasteiger partial charge is 0.223 e. The molecule has 0 atom stereocenters. The minimum atomic E-state index is -0.428. The van der Waals surface area contributed by atoms with Crippen LogP contribution in [0.1, 0.15) is 10.4 Å². The molecule has 0 radical (unpaired) electrons. The molecule has 0 unspecified atom stereocenters. The number of anilines is 2. The van der Waals surface area contributed by atoms with Crippen molar-refractivity contribution >= 4 is 44.9 Å². The van der Waals surface area contributed by atoms with E-state index >= 15 is 0 Å². The standard InChI is InChI=1S/C14H12ClFN4S/c1-7-4-9-12(19-14(17)20-13(9)21-7)18-6-8-2-3-11(16)10(15)5-8/h2-5H,6H2,1H3,(H3,17,18,19,20). The Balaban J connectivity index is 1.89. The number of thiophene rings is 1. The topological polar surface area (TPSA) is 63.8 Å². The van der Waals surface area contributed by atoms with E-state index in [-0.39, 0.29) is 11.0 Å². The van der Waals surface area contributed by atoms with E-state index in [9.17, 15) is 4.39 Å². The van der Waals surface area contributed by atoms with E-state index < -0.39 is 5.82 Å². The van der Waals surface area contributed by atoms with Crippen LogP contribution in [0, 0.1) is 12.7 Å². The molecule has 0 bridgehead atoms. The molecule has 2 aromatic heterocycles. The van der Waals surface area contributed by atoms with E-state index in [1.165, 1.54) is 6.07 Å². The van der Waals surface area contributed by atoms with E-state index in [1.54, 1.807) is 23.5 Å². The number of nitrogens with two attached hydrogens (primary N) is 1. The van der Waals surface area contributed by atoms with Gasteiger partial charge in [-0.1, -0.05) is 17.7 Å². The fourth-order valence-corrected chi connectivity index (χ4v) is 3.12. The highest BCUT2D eigenvalue weighted by molar-refractivity contribution is 7.18. The number of halogens is 2. The maximum Gasteiger partial charge on any atom is 0.223 e. The number of fused-ring (bicyclic) bond motifs is 1. The summed E-state index contributed by atoms with van der Waals surface area (Å²) >= 11 is 7.34. The number of hydrogen-bond acceptors (Lipinski definition) is 5. The van der Waals surface area contributed by atoms with E-state index in [2.05, 4.69) is 15.3 Å². The Hall–Kier alpha value is -1.92. The summed E-state index contributed by atoms with van der Waals surface area (Å²) in [5.74, 6) is 0.467. The van der Waals surface area contributed by atoms with Crippen molar-refractivity contribution in [1.82, 2.24) is 9.97 Å². The van der Waals surface area contributed by atoms with Crippen LogP contribution in [0.2, 0.25) is 5.02 Å². The third-order valence-electron chi connectivity index (χ3n) is 2.98. The molecule has 21 heavy (non-hydrogen) atoms. The fraction of sp³-hybridized carbons (Fsp3) is 0.143. The minimum absolute atomic E-state index is 0.105. The summed E-state index contributed by atoms with van der Waals surface area (Å²) in [6, 6.07) is 6.62. The summed E-state index contributed by atoms with van der Waals surface area (Å²) in [5.41, 5.74) is 6.58. The van der Waals surface area contributed by atoms with Crippen molar-refractivity contribution in [2.24, 2.45) is 0 Å². The molecule has 7 heteroatoms. The van der Waals surface area contributed by atoms with E-state index in [0.29, 0.717) is 12.4 Å². The maximum atomic E-state index is 13.1. The average molecular weight is 323 g/mol. The number of aryl methyl sites for hydroxylation is 1. The first-order chi connectivity index (χ1) is 10.0. The van der Waals surface area contributed by atoms with Gasteiger partial charge in [-0.3, -0.25) is 0 Å². The Morgan fingerprint density at radius 3 is 2.90 bits per heavy atom. The first-order valence-corrected chi connectivity index (χ1v) is 7.44. The number of hydrogen-bond donors (Lipinski definition) is 2. The largest absolute Gasteiger partial charge is 0.368 e. The van der Waals surface area contributed by atoms with Crippen LogP contribution in [0.5, 0.6) is 0 Å². The Morgan fingerprint density at radius 2 is 2.14 bits per heavy atom. The second kappa shape index (κ2) is 5.46. The number of nitrogens with one attached hydrogen (secondary N) is 1. The van der Waals surface area contributed by atoms with Crippen LogP contribution in [0.15, 0.2) is 24.3 Å². The van der Waals surface area contributed by atoms with Crippen LogP contribution in [0.25, 0.3) is 10.2 Å². The molecule has 4 nitrogen and oxygen atoms in total. The van der Waals surface area contributed by atoms with E-state index in [1.807, 2.05) is 13.0 Å². The summed E-state index contributed by atoms with van der Waals surface area (Å²) in [6.07, 6.45) is 0. The van der Waals surface area contributed by atoms with Crippen molar-refractivity contribution in [3.8, 4) is 0 Å². The summed E-state index contributed by atoms with van der Waals surface area (Å²) < 4.78 is 13.1. The van der Waals surface area contributed by atoms with Gasteiger partial charge in [-0.15, -0.1) is 11.3 Å². The first kappa shape index (κ1) is 14.0. The molecule has 0 saturated carbocycles. The molecule has 108 valence electrons. The number of nitrogens with zero attached hydrogens (tertiary/aromatic N) is 2. The molecule has 0 amide bonds. The zero-order chi connectivity index (χ0) is 15.0. The summed E-state index contributed by atoms with van der Waals surface area (Å²) in [5, 5.41) is 4.23. The molecule has 0 fully saturated rings. The maximum absolute atomic E-state index is 13.1. The molecule has 0 spiro atoms. The third kappa shape index (κ3) is 2.91. The van der Waals surface area contributed by atoms with Crippen LogP contribution in [-0.4, -0.2) is 9.97 Å². The predicted octanol–water partition coefficient (Wildman–Crippen LogP) is 3.99. The second-order valence-electron chi connectivity index (χ2n) is 4.61. The van der Waals surface area contributed by atoms with Crippen LogP contribution in [-0.2, 0) is 6.54 Å². The molecule has 3 aromatic rings. The summed E-state index contributed by atoms with van der Waals surface area (Å²) in [6.45, 7) is 2.48. The van der Waals surface area contributed by atoms with Gasteiger partial charge in [0.15, 0.2) is 0 Å². The first-order valence-electron chi connectivity index (χ1n) is 6.24. The lowest BCUT2D eigenvalue weighted by molar-refractivity contribution is 0.627. The Morgan fingerprint density at radius 1 is 1.33 bits per heavy atom. The van der Waals surface area contributed by atoms with E-state index in [0.717, 1.165) is 20.7 Å². The molecule has 1 aromatic carbocycles. The van der Waals surface area contributed by atoms with Gasteiger partial charge >= 0.3 is 0 Å². The van der Waals surface area contributed by atoms with Crippen LogP contribution in [0.4, 0.5) is 16.2 Å². The monoisotopic (exact) mass is 322 g/mol. The number of nitrogen functional groups attached to an aromatic ring is 1. The molecule has 0 aliphatic heterocycles. The zero-order valence-corrected chi connectivity index (χ0v) is 12.7. The third-order valence-corrected chi connectivity index (χ3v) is 4.21. The van der Waals surface area contributed by atoms with Crippen LogP contribution >= 0.6 is 22.9 Å². The normalized spacial score (nSPS) is 11.0. The van der Waals surface area contributed by atoms with Gasteiger partial charge in [-0.05, 0) is 30.7 Å². The molecule has 0 aliphatic carbocycles. The highest BCUT2D eigenvalue weighted by Crippen LogP contribution is 2.29. The van der Waals surface area contributed by atoms with E-state index in [4.69, 9.17) is 17.3 Å². The summed E-state index contributed by atoms with van der Waals surface area (Å²) in [4.78, 5) is 10.4. The van der Waals surface area contributed by atoms with Gasteiger partial charge in [0.1, 0.15) is 16.5 Å². The molecule has 0 aliphatic rings. The predicted molar refractivity (Wildman–Crippen MR) is 85.3 cm³/mol. The van der Waals surface area contributed by atoms with Gasteiger partial charge in [0.2, 0.25) is 5.95 Å². The average Bonchev–Trinajstić information content (AvgIpc) is 2.80. The van der Waals surface area contributed by atoms with Crippen molar-refractivity contribution in [3.05, 3.63) is 45.5 Å². The number of aromatic nitrogens is 2. The quantitative estimate of drug-likeness (QED) is 0.765. The highest BCUT2D eigenvalue weighted by atomic mass is 35.5. The number of rotatable bonds is 3. The van der Waals surface area contributed by atoms with Crippen molar-refractivity contribution in [3.63, 3.8) is 0 Å². The molecular weight excluding hydrogens is 311 g/mol. The van der Waals surface area contributed by atoms with Crippen LogP contribution in [0.3, 0.4) is 0 Å². The second-order valence-corrected chi connectivity index (χ2v) is 6.25. The van der Waals surface area contributed by atoms with Crippen LogP contribution < -0.4 is 11.1 Å². The molecule has 3 N–H and O–H groups in total. The van der Waals surface area contributed by atoms with Gasteiger partial charge in [-0.2, -0.15) is 4.98 Å². The van der Waals surface area contributed by atoms with Gasteiger partial charge in [0.05, 0.1) is 10.4 Å². The minimum Gasteiger partial charge on any atom is -0.368 e. The van der Waals surface area contributed by atoms with Crippen molar-refractivity contribution in [1.29, 1.82) is 0 Å². The van der Waals surface area contributed by atoms with Gasteiger partial charge in [0, 0.05) is 11.4 Å². The van der Waals surface area contributed by atoms with Crippen molar-refractivity contribution < 1.29 is 4.39 Å². The Bertz CT molecular complexity index is 818. The lowest BCUT2D eigenvalue weighted by Crippen LogP contribution is -2.04. The molecular formula is C14H12ClFN4S. The summed E-state index contributed by atoms with van der Waals surface area (Å²) in [7, 11) is 0. The SMILES string of the molecule is Cc1cc2c(NCc3ccc(F)c(Cl)c3)nc(N)nc2s1. The lowest BCUT2D eigenvalue weighted by Gasteiger charge is -2.08. The fourth-order valence-electron chi connectivity index (χ4n) is 2.03. The van der Waals surface area contributed by atoms with Gasteiger partial charge in [-0.25, -0.2) is 9.37 Å². The van der Waals surface area contributed by atoms with Crippen molar-refractivity contribution in [2.75, 3.05) is 11.1 Å². The highest BCUT2D eigenvalue weighted by Gasteiger charge is 2.09. The van der Waals surface area contributed by atoms with Gasteiger partial charge < -0.3 is 11.1 Å². The Labute approximate surface area is 129 Å². The van der Waals surface area contributed by atoms with Crippen molar-refractivity contribution in [2.45, 2.75) is 13.5 Å². The molecule has 2 heterocycles. The van der Waals surface area contributed by atoms with Gasteiger partial charge in [0.25, 0.3) is 0 Å².